The fraction of sp³-hybridized carbons (Fsp3) is 0.600. The van der Waals surface area contributed by atoms with E-state index in [2.05, 4.69) is 23.1 Å². The summed E-state index contributed by atoms with van der Waals surface area (Å²) in [6, 6.07) is 6.44. The molecule has 1 aromatic carbocycles. The van der Waals surface area contributed by atoms with Crippen molar-refractivity contribution in [1.82, 2.24) is 4.90 Å². The Morgan fingerprint density at radius 1 is 1.18 bits per heavy atom. The first kappa shape index (κ1) is 11.1. The fourth-order valence-electron chi connectivity index (χ4n) is 3.49. The van der Waals surface area contributed by atoms with Gasteiger partial charge in [0.05, 0.1) is 0 Å². The molecule has 1 atom stereocenters. The molecule has 1 fully saturated rings. The minimum Gasteiger partial charge on any atom is -0.398 e. The van der Waals surface area contributed by atoms with E-state index in [4.69, 9.17) is 5.73 Å². The minimum absolute atomic E-state index is 0.679. The summed E-state index contributed by atoms with van der Waals surface area (Å²) in [6.07, 6.45) is 6.62. The smallest absolute Gasteiger partial charge is 0.0352 e. The van der Waals surface area contributed by atoms with Gasteiger partial charge in [0.1, 0.15) is 0 Å². The number of hydrogen-bond acceptors (Lipinski definition) is 2. The van der Waals surface area contributed by atoms with Crippen LogP contribution in [0.2, 0.25) is 0 Å². The minimum atomic E-state index is 0.679. The van der Waals surface area contributed by atoms with E-state index in [1.54, 1.807) is 0 Å². The zero-order valence-corrected chi connectivity index (χ0v) is 10.5. The molecule has 0 bridgehead atoms. The van der Waals surface area contributed by atoms with Crippen molar-refractivity contribution in [2.45, 2.75) is 38.0 Å². The highest BCUT2D eigenvalue weighted by Crippen LogP contribution is 2.36. The van der Waals surface area contributed by atoms with Gasteiger partial charge in [0.15, 0.2) is 0 Å². The number of fused-ring (bicyclic) bond motifs is 1. The molecular weight excluding hydrogens is 208 g/mol. The van der Waals surface area contributed by atoms with Crippen LogP contribution in [-0.2, 0) is 6.42 Å². The third kappa shape index (κ3) is 2.19. The predicted octanol–water partition coefficient (Wildman–Crippen LogP) is 2.78. The Labute approximate surface area is 104 Å². The van der Waals surface area contributed by atoms with Crippen LogP contribution in [-0.4, -0.2) is 24.5 Å². The lowest BCUT2D eigenvalue weighted by Gasteiger charge is -2.30. The predicted molar refractivity (Wildman–Crippen MR) is 72.2 cm³/mol. The number of nitrogens with zero attached hydrogens (tertiary/aromatic N) is 1. The van der Waals surface area contributed by atoms with Crippen LogP contribution in [0.15, 0.2) is 18.2 Å². The van der Waals surface area contributed by atoms with E-state index in [-0.39, 0.29) is 0 Å². The molecule has 17 heavy (non-hydrogen) atoms. The second kappa shape index (κ2) is 4.69. The molecular formula is C15H22N2. The molecule has 2 heteroatoms. The van der Waals surface area contributed by atoms with Gasteiger partial charge in [-0.25, -0.2) is 0 Å². The molecule has 1 aromatic rings. The summed E-state index contributed by atoms with van der Waals surface area (Å²) >= 11 is 0. The van der Waals surface area contributed by atoms with E-state index >= 15 is 0 Å². The van der Waals surface area contributed by atoms with E-state index < -0.39 is 0 Å². The number of nitrogens with two attached hydrogens (primary N) is 1. The summed E-state index contributed by atoms with van der Waals surface area (Å²) in [4.78, 5) is 2.62. The van der Waals surface area contributed by atoms with Gasteiger partial charge in [0, 0.05) is 12.2 Å². The van der Waals surface area contributed by atoms with Crippen LogP contribution in [0, 0.1) is 0 Å². The van der Waals surface area contributed by atoms with Crippen molar-refractivity contribution in [3.8, 4) is 0 Å². The van der Waals surface area contributed by atoms with Crippen molar-refractivity contribution in [2.24, 2.45) is 0 Å². The number of anilines is 1. The Kier molecular flexibility index (Phi) is 3.06. The molecule has 2 aliphatic rings. The van der Waals surface area contributed by atoms with Crippen molar-refractivity contribution in [3.05, 3.63) is 29.3 Å². The van der Waals surface area contributed by atoms with Gasteiger partial charge in [0.2, 0.25) is 0 Å². The van der Waals surface area contributed by atoms with E-state index in [0.29, 0.717) is 5.92 Å². The summed E-state index contributed by atoms with van der Waals surface area (Å²) in [5.41, 5.74) is 10.2. The maximum Gasteiger partial charge on any atom is 0.0352 e. The summed E-state index contributed by atoms with van der Waals surface area (Å²) in [6.45, 7) is 3.80. The lowest BCUT2D eigenvalue weighted by atomic mass is 9.81. The van der Waals surface area contributed by atoms with E-state index in [0.717, 1.165) is 5.69 Å². The molecule has 92 valence electrons. The number of rotatable bonds is 2. The van der Waals surface area contributed by atoms with Crippen LogP contribution in [0.1, 0.15) is 42.7 Å². The fourth-order valence-corrected chi connectivity index (χ4v) is 3.49. The van der Waals surface area contributed by atoms with Crippen LogP contribution < -0.4 is 5.73 Å². The number of aryl methyl sites for hydroxylation is 1. The average Bonchev–Trinajstić information content (AvgIpc) is 2.82. The Balaban J connectivity index is 1.83. The van der Waals surface area contributed by atoms with Gasteiger partial charge in [-0.05, 0) is 68.3 Å². The van der Waals surface area contributed by atoms with Gasteiger partial charge in [-0.2, -0.15) is 0 Å². The number of nitrogen functional groups attached to an aromatic ring is 1. The van der Waals surface area contributed by atoms with E-state index in [1.165, 1.54) is 62.9 Å². The Morgan fingerprint density at radius 2 is 2.00 bits per heavy atom. The van der Waals surface area contributed by atoms with Crippen LogP contribution in [0.4, 0.5) is 5.69 Å². The molecule has 1 unspecified atom stereocenters. The Bertz CT molecular complexity index is 394. The van der Waals surface area contributed by atoms with Gasteiger partial charge in [-0.15, -0.1) is 0 Å². The zero-order valence-electron chi connectivity index (χ0n) is 10.5. The molecule has 0 spiro atoms. The summed E-state index contributed by atoms with van der Waals surface area (Å²) < 4.78 is 0. The molecule has 3 rings (SSSR count). The molecule has 1 aliphatic carbocycles. The van der Waals surface area contributed by atoms with Gasteiger partial charge < -0.3 is 10.6 Å². The summed E-state index contributed by atoms with van der Waals surface area (Å²) in [5, 5.41) is 0. The van der Waals surface area contributed by atoms with Crippen LogP contribution in [0.3, 0.4) is 0 Å². The number of likely N-dealkylation sites (tertiary alicyclic amines) is 1. The number of hydrogen-bond donors (Lipinski definition) is 1. The second-order valence-electron chi connectivity index (χ2n) is 5.52. The van der Waals surface area contributed by atoms with Gasteiger partial charge in [-0.1, -0.05) is 12.1 Å². The van der Waals surface area contributed by atoms with Gasteiger partial charge >= 0.3 is 0 Å². The van der Waals surface area contributed by atoms with Crippen molar-refractivity contribution < 1.29 is 0 Å². The molecule has 2 nitrogen and oxygen atoms in total. The first-order chi connectivity index (χ1) is 8.34. The number of benzene rings is 1. The normalized spacial score (nSPS) is 24.8. The van der Waals surface area contributed by atoms with Crippen LogP contribution in [0.25, 0.3) is 0 Å². The molecule has 0 saturated carbocycles. The molecule has 1 aliphatic heterocycles. The first-order valence-corrected chi connectivity index (χ1v) is 6.94. The lowest BCUT2D eigenvalue weighted by molar-refractivity contribution is 0.301. The summed E-state index contributed by atoms with van der Waals surface area (Å²) in [7, 11) is 0. The molecule has 0 radical (unpaired) electrons. The van der Waals surface area contributed by atoms with Gasteiger partial charge in [0.25, 0.3) is 0 Å². The zero-order chi connectivity index (χ0) is 11.7. The highest BCUT2D eigenvalue weighted by Gasteiger charge is 2.25. The molecule has 1 heterocycles. The van der Waals surface area contributed by atoms with Gasteiger partial charge in [-0.3, -0.25) is 0 Å². The first-order valence-electron chi connectivity index (χ1n) is 6.94. The van der Waals surface area contributed by atoms with Crippen LogP contribution >= 0.6 is 0 Å². The molecule has 0 aromatic heterocycles. The highest BCUT2D eigenvalue weighted by atomic mass is 15.1. The van der Waals surface area contributed by atoms with Crippen LogP contribution in [0.5, 0.6) is 0 Å². The Hall–Kier alpha value is -1.02. The second-order valence-corrected chi connectivity index (χ2v) is 5.52. The maximum atomic E-state index is 6.19. The molecule has 2 N–H and O–H groups in total. The van der Waals surface area contributed by atoms with Crippen molar-refractivity contribution in [2.75, 3.05) is 25.4 Å². The standard InChI is InChI=1S/C15H22N2/c16-14-8-4-6-12-5-3-7-13(15(12)14)11-17-9-1-2-10-17/h4,6,8,13H,1-3,5,7,9-11,16H2. The topological polar surface area (TPSA) is 29.3 Å². The Morgan fingerprint density at radius 3 is 2.82 bits per heavy atom. The summed E-state index contributed by atoms with van der Waals surface area (Å²) in [5.74, 6) is 0.679. The molecule has 0 amide bonds. The van der Waals surface area contributed by atoms with Crippen molar-refractivity contribution >= 4 is 5.69 Å². The quantitative estimate of drug-likeness (QED) is 0.792. The maximum absolute atomic E-state index is 6.19. The molecule has 1 saturated heterocycles. The van der Waals surface area contributed by atoms with E-state index in [9.17, 15) is 0 Å². The van der Waals surface area contributed by atoms with Crippen molar-refractivity contribution in [3.63, 3.8) is 0 Å². The largest absolute Gasteiger partial charge is 0.398 e. The van der Waals surface area contributed by atoms with Crippen molar-refractivity contribution in [1.29, 1.82) is 0 Å². The third-order valence-corrected chi connectivity index (χ3v) is 4.31. The third-order valence-electron chi connectivity index (χ3n) is 4.31. The SMILES string of the molecule is Nc1cccc2c1C(CN1CCCC1)CCC2. The highest BCUT2D eigenvalue weighted by molar-refractivity contribution is 5.54. The van der Waals surface area contributed by atoms with E-state index in [1.807, 2.05) is 0 Å². The monoisotopic (exact) mass is 230 g/mol. The average molecular weight is 230 g/mol. The lowest BCUT2D eigenvalue weighted by Crippen LogP contribution is -2.28.